The van der Waals surface area contributed by atoms with Crippen molar-refractivity contribution in [2.24, 2.45) is 5.73 Å². The zero-order chi connectivity index (χ0) is 14.6. The Kier molecular flexibility index (Phi) is 5.15. The molecule has 0 heterocycles. The Balaban J connectivity index is 2.88. The Hall–Kier alpha value is -1.32. The molecule has 0 spiro atoms. The number of halogens is 1. The number of hydrogen-bond donors (Lipinski definition) is 1. The van der Waals surface area contributed by atoms with Crippen LogP contribution in [0.1, 0.15) is 32.3 Å². The predicted molar refractivity (Wildman–Crippen MR) is 78.2 cm³/mol. The highest BCUT2D eigenvalue weighted by molar-refractivity contribution is 6.30. The third kappa shape index (κ3) is 4.69. The predicted octanol–water partition coefficient (Wildman–Crippen LogP) is 3.28. The molecule has 2 N–H and O–H groups in total. The molecule has 0 aliphatic rings. The molecule has 1 aromatic rings. The molecule has 4 heteroatoms. The Morgan fingerprint density at radius 3 is 2.32 bits per heavy atom. The van der Waals surface area contributed by atoms with E-state index < -0.39 is 17.6 Å². The van der Waals surface area contributed by atoms with Crippen molar-refractivity contribution in [1.29, 1.82) is 0 Å². The Morgan fingerprint density at radius 2 is 1.89 bits per heavy atom. The molecule has 0 saturated heterocycles. The van der Waals surface area contributed by atoms with Crippen molar-refractivity contribution in [1.82, 2.24) is 0 Å². The van der Waals surface area contributed by atoms with Crippen LogP contribution in [0.25, 0.3) is 0 Å². The number of nitrogens with two attached hydrogens (primary N) is 1. The molecule has 1 rings (SSSR count). The second-order valence-corrected chi connectivity index (χ2v) is 5.81. The molecule has 0 unspecified atom stereocenters. The van der Waals surface area contributed by atoms with Crippen molar-refractivity contribution in [3.63, 3.8) is 0 Å². The summed E-state index contributed by atoms with van der Waals surface area (Å²) in [5.41, 5.74) is 6.30. The van der Waals surface area contributed by atoms with Gasteiger partial charge in [-0.3, -0.25) is 4.79 Å². The van der Waals surface area contributed by atoms with Gasteiger partial charge in [-0.15, -0.1) is 6.58 Å². The van der Waals surface area contributed by atoms with Crippen LogP contribution in [0.4, 0.5) is 0 Å². The van der Waals surface area contributed by atoms with Crippen LogP contribution >= 0.6 is 11.6 Å². The van der Waals surface area contributed by atoms with Crippen molar-refractivity contribution in [2.75, 3.05) is 0 Å². The summed E-state index contributed by atoms with van der Waals surface area (Å²) < 4.78 is 5.29. The van der Waals surface area contributed by atoms with Gasteiger partial charge in [0.1, 0.15) is 11.6 Å². The van der Waals surface area contributed by atoms with Crippen molar-refractivity contribution >= 4 is 17.6 Å². The number of carbonyl (C=O) groups is 1. The van der Waals surface area contributed by atoms with E-state index in [2.05, 4.69) is 6.58 Å². The molecule has 1 aromatic carbocycles. The molecule has 0 radical (unpaired) electrons. The fourth-order valence-electron chi connectivity index (χ4n) is 1.69. The maximum Gasteiger partial charge on any atom is 0.324 e. The maximum absolute atomic E-state index is 12.0. The molecule has 0 aliphatic carbocycles. The van der Waals surface area contributed by atoms with Crippen LogP contribution in [0.5, 0.6) is 0 Å². The smallest absolute Gasteiger partial charge is 0.324 e. The number of hydrogen-bond acceptors (Lipinski definition) is 3. The third-order valence-electron chi connectivity index (χ3n) is 2.57. The summed E-state index contributed by atoms with van der Waals surface area (Å²) in [5, 5.41) is 0.636. The first-order chi connectivity index (χ1) is 8.74. The van der Waals surface area contributed by atoms with Gasteiger partial charge < -0.3 is 10.5 Å². The van der Waals surface area contributed by atoms with Crippen molar-refractivity contribution in [3.8, 4) is 0 Å². The lowest BCUT2D eigenvalue weighted by Gasteiger charge is -2.25. The number of ether oxygens (including phenoxy) is 1. The van der Waals surface area contributed by atoms with Gasteiger partial charge in [-0.2, -0.15) is 0 Å². The number of rotatable bonds is 4. The van der Waals surface area contributed by atoms with E-state index in [9.17, 15) is 4.79 Å². The van der Waals surface area contributed by atoms with Gasteiger partial charge in [-0.1, -0.05) is 29.8 Å². The van der Waals surface area contributed by atoms with Crippen LogP contribution in [0.2, 0.25) is 5.02 Å². The Labute approximate surface area is 119 Å². The van der Waals surface area contributed by atoms with Crippen molar-refractivity contribution < 1.29 is 9.53 Å². The van der Waals surface area contributed by atoms with Crippen LogP contribution < -0.4 is 5.73 Å². The van der Waals surface area contributed by atoms with E-state index in [0.29, 0.717) is 5.02 Å². The quantitative estimate of drug-likeness (QED) is 0.681. The summed E-state index contributed by atoms with van der Waals surface area (Å²) >= 11 is 5.84. The first kappa shape index (κ1) is 15.7. The number of carbonyl (C=O) groups excluding carboxylic acids is 1. The standard InChI is InChI=1S/C15H20ClNO2/c1-5-12(10-6-8-11(16)9-7-10)13(17)14(18)19-15(2,3)4/h5-9,12-13H,1,17H2,2-4H3/t12-,13+/m1/s1. The average molecular weight is 282 g/mol. The summed E-state index contributed by atoms with van der Waals surface area (Å²) in [6.45, 7) is 9.16. The van der Waals surface area contributed by atoms with Crippen molar-refractivity contribution in [2.45, 2.75) is 38.3 Å². The molecule has 0 aromatic heterocycles. The highest BCUT2D eigenvalue weighted by Gasteiger charge is 2.28. The minimum atomic E-state index is -0.780. The van der Waals surface area contributed by atoms with Gasteiger partial charge >= 0.3 is 5.97 Å². The van der Waals surface area contributed by atoms with E-state index in [1.165, 1.54) is 0 Å². The van der Waals surface area contributed by atoms with Gasteiger partial charge in [0.05, 0.1) is 0 Å². The van der Waals surface area contributed by atoms with Crippen LogP contribution in [0.3, 0.4) is 0 Å². The summed E-state index contributed by atoms with van der Waals surface area (Å²) in [7, 11) is 0. The lowest BCUT2D eigenvalue weighted by atomic mass is 9.92. The lowest BCUT2D eigenvalue weighted by molar-refractivity contribution is -0.156. The normalized spacial score (nSPS) is 14.6. The van der Waals surface area contributed by atoms with Crippen molar-refractivity contribution in [3.05, 3.63) is 47.5 Å². The fourth-order valence-corrected chi connectivity index (χ4v) is 1.82. The SMILES string of the molecule is C=C[C@H](c1ccc(Cl)cc1)[C@H](N)C(=O)OC(C)(C)C. The van der Waals surface area contributed by atoms with Crippen LogP contribution in [0.15, 0.2) is 36.9 Å². The Morgan fingerprint density at radius 1 is 1.37 bits per heavy atom. The minimum Gasteiger partial charge on any atom is -0.459 e. The second-order valence-electron chi connectivity index (χ2n) is 5.37. The third-order valence-corrected chi connectivity index (χ3v) is 2.83. The monoisotopic (exact) mass is 281 g/mol. The largest absolute Gasteiger partial charge is 0.459 e. The Bertz CT molecular complexity index is 448. The molecule has 3 nitrogen and oxygen atoms in total. The highest BCUT2D eigenvalue weighted by atomic mass is 35.5. The topological polar surface area (TPSA) is 52.3 Å². The van der Waals surface area contributed by atoms with Gasteiger partial charge in [-0.05, 0) is 38.5 Å². The molecular formula is C15H20ClNO2. The van der Waals surface area contributed by atoms with E-state index in [-0.39, 0.29) is 5.92 Å². The summed E-state index contributed by atoms with van der Waals surface area (Å²) in [6.07, 6.45) is 1.65. The van der Waals surface area contributed by atoms with E-state index in [1.54, 1.807) is 18.2 Å². The van der Waals surface area contributed by atoms with Gasteiger partial charge in [0.25, 0.3) is 0 Å². The van der Waals surface area contributed by atoms with Crippen LogP contribution in [-0.2, 0) is 9.53 Å². The van der Waals surface area contributed by atoms with E-state index in [0.717, 1.165) is 5.56 Å². The summed E-state index contributed by atoms with van der Waals surface area (Å²) in [4.78, 5) is 12.0. The zero-order valence-electron chi connectivity index (χ0n) is 11.5. The molecule has 0 saturated carbocycles. The van der Waals surface area contributed by atoms with Gasteiger partial charge in [0, 0.05) is 10.9 Å². The van der Waals surface area contributed by atoms with Crippen LogP contribution in [0, 0.1) is 0 Å². The minimum absolute atomic E-state index is 0.299. The number of benzene rings is 1. The average Bonchev–Trinajstić information content (AvgIpc) is 2.30. The van der Waals surface area contributed by atoms with E-state index in [1.807, 2.05) is 32.9 Å². The van der Waals surface area contributed by atoms with E-state index >= 15 is 0 Å². The van der Waals surface area contributed by atoms with Gasteiger partial charge in [0.15, 0.2) is 0 Å². The molecule has 2 atom stereocenters. The lowest BCUT2D eigenvalue weighted by Crippen LogP contribution is -2.41. The molecule has 0 bridgehead atoms. The summed E-state index contributed by atoms with van der Waals surface area (Å²) in [5.74, 6) is -0.737. The molecule has 0 amide bonds. The highest BCUT2D eigenvalue weighted by Crippen LogP contribution is 2.23. The molecule has 19 heavy (non-hydrogen) atoms. The van der Waals surface area contributed by atoms with E-state index in [4.69, 9.17) is 22.1 Å². The maximum atomic E-state index is 12.0. The fraction of sp³-hybridized carbons (Fsp3) is 0.400. The van der Waals surface area contributed by atoms with Gasteiger partial charge in [0.2, 0.25) is 0 Å². The molecule has 0 fully saturated rings. The zero-order valence-corrected chi connectivity index (χ0v) is 12.3. The first-order valence-electron chi connectivity index (χ1n) is 6.11. The number of esters is 1. The molecule has 104 valence electrons. The molecule has 0 aliphatic heterocycles. The molecular weight excluding hydrogens is 262 g/mol. The van der Waals surface area contributed by atoms with Crippen LogP contribution in [-0.4, -0.2) is 17.6 Å². The van der Waals surface area contributed by atoms with Gasteiger partial charge in [-0.25, -0.2) is 0 Å². The first-order valence-corrected chi connectivity index (χ1v) is 6.49. The summed E-state index contributed by atoms with van der Waals surface area (Å²) in [6, 6.07) is 6.40. The second kappa shape index (κ2) is 6.22.